The minimum Gasteiger partial charge on any atom is -0.481 e. The Morgan fingerprint density at radius 1 is 1.28 bits per heavy atom. The second-order valence-corrected chi connectivity index (χ2v) is 5.83. The van der Waals surface area contributed by atoms with Crippen LogP contribution in [0.1, 0.15) is 29.9 Å². The number of amides is 1. The largest absolute Gasteiger partial charge is 0.481 e. The summed E-state index contributed by atoms with van der Waals surface area (Å²) in [6.45, 7) is -0.829. The molecule has 25 heavy (non-hydrogen) atoms. The molecular formula is C15H14F5NO4. The van der Waals surface area contributed by atoms with Crippen molar-refractivity contribution in [1.29, 1.82) is 0 Å². The van der Waals surface area contributed by atoms with E-state index in [-0.39, 0.29) is 11.3 Å². The first-order chi connectivity index (χ1) is 11.4. The number of aliphatic hydroxyl groups excluding tert-OH is 1. The molecule has 0 spiro atoms. The lowest BCUT2D eigenvalue weighted by atomic mass is 10.0. The number of rotatable bonds is 6. The highest BCUT2D eigenvalue weighted by atomic mass is 19.4. The van der Waals surface area contributed by atoms with Gasteiger partial charge in [0.2, 0.25) is 5.91 Å². The lowest BCUT2D eigenvalue weighted by Gasteiger charge is -2.15. The number of aliphatic carboxylic acids is 1. The molecule has 0 bridgehead atoms. The van der Waals surface area contributed by atoms with Gasteiger partial charge < -0.3 is 15.5 Å². The highest BCUT2D eigenvalue weighted by molar-refractivity contribution is 5.94. The van der Waals surface area contributed by atoms with Crippen LogP contribution in [0.25, 0.3) is 0 Å². The number of halogens is 5. The van der Waals surface area contributed by atoms with Crippen LogP contribution < -0.4 is 5.32 Å². The molecule has 1 aliphatic rings. The van der Waals surface area contributed by atoms with E-state index in [0.717, 1.165) is 6.07 Å². The molecule has 1 saturated carbocycles. The summed E-state index contributed by atoms with van der Waals surface area (Å²) in [5, 5.41) is 19.7. The van der Waals surface area contributed by atoms with Crippen molar-refractivity contribution in [1.82, 2.24) is 0 Å². The molecule has 0 aliphatic heterocycles. The van der Waals surface area contributed by atoms with Gasteiger partial charge in [0, 0.05) is 12.1 Å². The number of aliphatic hydroxyl groups is 1. The SMILES string of the molecule is O=C(O)CC(CO)C(=O)Nc1cc(C2CC2(F)F)cc(C(F)(F)F)c1. The van der Waals surface area contributed by atoms with Gasteiger partial charge in [0.15, 0.2) is 0 Å². The summed E-state index contributed by atoms with van der Waals surface area (Å²) >= 11 is 0. The Hall–Kier alpha value is -2.23. The summed E-state index contributed by atoms with van der Waals surface area (Å²) in [6.07, 6.45) is -6.12. The number of hydrogen-bond donors (Lipinski definition) is 3. The summed E-state index contributed by atoms with van der Waals surface area (Å²) in [7, 11) is 0. The molecule has 1 aromatic rings. The van der Waals surface area contributed by atoms with Crippen LogP contribution in [0.4, 0.5) is 27.6 Å². The van der Waals surface area contributed by atoms with Gasteiger partial charge in [0.1, 0.15) is 0 Å². The van der Waals surface area contributed by atoms with Gasteiger partial charge in [-0.1, -0.05) is 0 Å². The van der Waals surface area contributed by atoms with Gasteiger partial charge in [0.05, 0.1) is 30.4 Å². The van der Waals surface area contributed by atoms with E-state index in [1.807, 2.05) is 0 Å². The predicted molar refractivity (Wildman–Crippen MR) is 75.2 cm³/mol. The van der Waals surface area contributed by atoms with Crippen LogP contribution in [0.5, 0.6) is 0 Å². The highest BCUT2D eigenvalue weighted by Gasteiger charge is 2.57. The van der Waals surface area contributed by atoms with Crippen LogP contribution in [0.3, 0.4) is 0 Å². The van der Waals surface area contributed by atoms with Gasteiger partial charge in [-0.25, -0.2) is 8.78 Å². The molecule has 2 unspecified atom stereocenters. The van der Waals surface area contributed by atoms with Crippen LogP contribution in [0.15, 0.2) is 18.2 Å². The third kappa shape index (κ3) is 4.65. The van der Waals surface area contributed by atoms with Gasteiger partial charge >= 0.3 is 12.1 Å². The number of carboxylic acid groups (broad SMARTS) is 1. The first-order valence-electron chi connectivity index (χ1n) is 7.17. The Morgan fingerprint density at radius 3 is 2.32 bits per heavy atom. The zero-order valence-corrected chi connectivity index (χ0v) is 12.6. The van der Waals surface area contributed by atoms with E-state index in [1.54, 1.807) is 0 Å². The molecule has 1 fully saturated rings. The number of carbonyl (C=O) groups is 2. The topological polar surface area (TPSA) is 86.6 Å². The van der Waals surface area contributed by atoms with Crippen LogP contribution >= 0.6 is 0 Å². The number of hydrogen-bond acceptors (Lipinski definition) is 3. The molecule has 1 amide bonds. The quantitative estimate of drug-likeness (QED) is 0.675. The van der Waals surface area contributed by atoms with Crippen molar-refractivity contribution in [2.75, 3.05) is 11.9 Å². The number of nitrogens with one attached hydrogen (secondary N) is 1. The molecule has 0 radical (unpaired) electrons. The van der Waals surface area contributed by atoms with Crippen LogP contribution in [-0.4, -0.2) is 34.6 Å². The smallest absolute Gasteiger partial charge is 0.416 e. The molecular weight excluding hydrogens is 353 g/mol. The first kappa shape index (κ1) is 19.1. The Labute approximate surface area is 138 Å². The second kappa shape index (κ2) is 6.58. The fourth-order valence-corrected chi connectivity index (χ4v) is 2.36. The molecule has 2 atom stereocenters. The average molecular weight is 367 g/mol. The zero-order chi connectivity index (χ0) is 19.0. The van der Waals surface area contributed by atoms with E-state index in [0.29, 0.717) is 12.1 Å². The minimum atomic E-state index is -4.81. The summed E-state index contributed by atoms with van der Waals surface area (Å²) in [5.74, 6) is -8.23. The third-order valence-corrected chi connectivity index (χ3v) is 3.79. The number of carbonyl (C=O) groups excluding carboxylic acids is 1. The molecule has 5 nitrogen and oxygen atoms in total. The van der Waals surface area contributed by atoms with Crippen molar-refractivity contribution >= 4 is 17.6 Å². The highest BCUT2D eigenvalue weighted by Crippen LogP contribution is 2.56. The standard InChI is InChI=1S/C15H14F5NO4/c16-14(17)5-11(14)7-1-9(15(18,19)20)4-10(2-7)21-13(25)8(6-22)3-12(23)24/h1-2,4,8,11,22H,3,5-6H2,(H,21,25)(H,23,24). The maximum Gasteiger partial charge on any atom is 0.416 e. The fraction of sp³-hybridized carbons (Fsp3) is 0.467. The fourth-order valence-electron chi connectivity index (χ4n) is 2.36. The predicted octanol–water partition coefficient (Wildman–Crippen LogP) is 2.85. The summed E-state index contributed by atoms with van der Waals surface area (Å²) in [5.41, 5.74) is -1.86. The molecule has 0 aromatic heterocycles. The number of alkyl halides is 5. The molecule has 1 aliphatic carbocycles. The third-order valence-electron chi connectivity index (χ3n) is 3.79. The normalized spacial score (nSPS) is 20.0. The maximum absolute atomic E-state index is 13.2. The maximum atomic E-state index is 13.2. The van der Waals surface area contributed by atoms with Crippen LogP contribution in [0.2, 0.25) is 0 Å². The Kier molecular flexibility index (Phi) is 5.03. The molecule has 0 saturated heterocycles. The van der Waals surface area contributed by atoms with E-state index >= 15 is 0 Å². The van der Waals surface area contributed by atoms with Crippen molar-refractivity contribution in [3.63, 3.8) is 0 Å². The van der Waals surface area contributed by atoms with Crippen LogP contribution in [-0.2, 0) is 15.8 Å². The number of anilines is 1. The second-order valence-electron chi connectivity index (χ2n) is 5.83. The Morgan fingerprint density at radius 2 is 1.88 bits per heavy atom. The van der Waals surface area contributed by atoms with Gasteiger partial charge in [0.25, 0.3) is 5.92 Å². The van der Waals surface area contributed by atoms with Crippen molar-refractivity contribution < 1.29 is 41.8 Å². The number of benzene rings is 1. The monoisotopic (exact) mass is 367 g/mol. The molecule has 2 rings (SSSR count). The van der Waals surface area contributed by atoms with Gasteiger partial charge in [-0.15, -0.1) is 0 Å². The van der Waals surface area contributed by atoms with Crippen LogP contribution in [0, 0.1) is 5.92 Å². The summed E-state index contributed by atoms with van der Waals surface area (Å²) < 4.78 is 65.1. The first-order valence-corrected chi connectivity index (χ1v) is 7.17. The van der Waals surface area contributed by atoms with Crippen molar-refractivity contribution in [2.24, 2.45) is 5.92 Å². The average Bonchev–Trinajstić information content (AvgIpc) is 3.12. The van der Waals surface area contributed by atoms with E-state index in [4.69, 9.17) is 10.2 Å². The van der Waals surface area contributed by atoms with E-state index < -0.39 is 60.8 Å². The summed E-state index contributed by atoms with van der Waals surface area (Å²) in [6, 6.07) is 2.16. The lowest BCUT2D eigenvalue weighted by Crippen LogP contribution is -2.28. The molecule has 0 heterocycles. The molecule has 3 N–H and O–H groups in total. The zero-order valence-electron chi connectivity index (χ0n) is 12.6. The van der Waals surface area contributed by atoms with Crippen molar-refractivity contribution in [2.45, 2.75) is 30.9 Å². The van der Waals surface area contributed by atoms with Gasteiger partial charge in [-0.05, 0) is 23.8 Å². The molecule has 10 heteroatoms. The molecule has 138 valence electrons. The van der Waals surface area contributed by atoms with E-state index in [9.17, 15) is 31.5 Å². The minimum absolute atomic E-state index is 0.270. The lowest BCUT2D eigenvalue weighted by molar-refractivity contribution is -0.140. The Balaban J connectivity index is 2.29. The van der Waals surface area contributed by atoms with Gasteiger partial charge in [-0.2, -0.15) is 13.2 Å². The van der Waals surface area contributed by atoms with E-state index in [1.165, 1.54) is 0 Å². The van der Waals surface area contributed by atoms with Gasteiger partial charge in [-0.3, -0.25) is 9.59 Å². The van der Waals surface area contributed by atoms with Crippen molar-refractivity contribution in [3.8, 4) is 0 Å². The Bertz CT molecular complexity index is 689. The van der Waals surface area contributed by atoms with E-state index in [2.05, 4.69) is 5.32 Å². The molecule has 1 aromatic carbocycles. The van der Waals surface area contributed by atoms with Crippen molar-refractivity contribution in [3.05, 3.63) is 29.3 Å². The number of carboxylic acids is 1. The summed E-state index contributed by atoms with van der Waals surface area (Å²) in [4.78, 5) is 22.5.